The number of benzene rings is 1. The van der Waals surface area contributed by atoms with Gasteiger partial charge in [-0.3, -0.25) is 0 Å². The van der Waals surface area contributed by atoms with Crippen molar-refractivity contribution in [2.75, 3.05) is 23.7 Å². The Morgan fingerprint density at radius 3 is 2.61 bits per heavy atom. The van der Waals surface area contributed by atoms with Crippen LogP contribution in [0.5, 0.6) is 5.75 Å². The molecule has 0 aliphatic carbocycles. The van der Waals surface area contributed by atoms with Gasteiger partial charge in [-0.15, -0.1) is 0 Å². The first kappa shape index (κ1) is 13.1. The maximum absolute atomic E-state index is 6.25. The lowest BCUT2D eigenvalue weighted by molar-refractivity contribution is 0.0576. The second-order valence-corrected chi connectivity index (χ2v) is 5.14. The summed E-state index contributed by atoms with van der Waals surface area (Å²) in [5.74, 6) is 0.943. The van der Waals surface area contributed by atoms with Gasteiger partial charge in [0.1, 0.15) is 11.4 Å². The minimum Gasteiger partial charge on any atom is -0.483 e. The SMILES string of the molecule is CCCN1CC(CC)(CC)Oc2cc(N)ccc21. The van der Waals surface area contributed by atoms with Crippen LogP contribution in [0.2, 0.25) is 0 Å². The minimum absolute atomic E-state index is 0.0596. The molecule has 0 fully saturated rings. The third-order valence-corrected chi connectivity index (χ3v) is 3.91. The summed E-state index contributed by atoms with van der Waals surface area (Å²) in [5.41, 5.74) is 7.77. The summed E-state index contributed by atoms with van der Waals surface area (Å²) in [6.07, 6.45) is 3.20. The predicted molar refractivity (Wildman–Crippen MR) is 77.3 cm³/mol. The first-order valence-electron chi connectivity index (χ1n) is 6.97. The van der Waals surface area contributed by atoms with Gasteiger partial charge < -0.3 is 15.4 Å². The monoisotopic (exact) mass is 248 g/mol. The molecule has 0 saturated carbocycles. The summed E-state index contributed by atoms with van der Waals surface area (Å²) in [6, 6.07) is 5.99. The highest BCUT2D eigenvalue weighted by molar-refractivity contribution is 5.65. The molecule has 1 aromatic rings. The van der Waals surface area contributed by atoms with Gasteiger partial charge in [0.25, 0.3) is 0 Å². The highest BCUT2D eigenvalue weighted by atomic mass is 16.5. The highest BCUT2D eigenvalue weighted by Crippen LogP contribution is 2.40. The van der Waals surface area contributed by atoms with E-state index < -0.39 is 0 Å². The van der Waals surface area contributed by atoms with Gasteiger partial charge in [0, 0.05) is 18.3 Å². The number of rotatable bonds is 4. The van der Waals surface area contributed by atoms with Gasteiger partial charge in [-0.2, -0.15) is 0 Å². The van der Waals surface area contributed by atoms with Crippen LogP contribution in [0.25, 0.3) is 0 Å². The van der Waals surface area contributed by atoms with Crippen LogP contribution >= 0.6 is 0 Å². The summed E-state index contributed by atoms with van der Waals surface area (Å²) in [4.78, 5) is 2.44. The van der Waals surface area contributed by atoms with Gasteiger partial charge in [-0.05, 0) is 31.4 Å². The van der Waals surface area contributed by atoms with E-state index in [0.29, 0.717) is 0 Å². The van der Waals surface area contributed by atoms with Crippen molar-refractivity contribution < 1.29 is 4.74 Å². The third-order valence-electron chi connectivity index (χ3n) is 3.91. The van der Waals surface area contributed by atoms with Gasteiger partial charge in [0.15, 0.2) is 0 Å². The zero-order valence-corrected chi connectivity index (χ0v) is 11.7. The average molecular weight is 248 g/mol. The first-order valence-corrected chi connectivity index (χ1v) is 6.97. The molecule has 18 heavy (non-hydrogen) atoms. The molecule has 0 radical (unpaired) electrons. The maximum Gasteiger partial charge on any atom is 0.145 e. The van der Waals surface area contributed by atoms with Crippen molar-refractivity contribution in [1.82, 2.24) is 0 Å². The Morgan fingerprint density at radius 1 is 1.28 bits per heavy atom. The summed E-state index contributed by atoms with van der Waals surface area (Å²) < 4.78 is 6.25. The Labute approximate surface area is 110 Å². The quantitative estimate of drug-likeness (QED) is 0.830. The summed E-state index contributed by atoms with van der Waals surface area (Å²) in [7, 11) is 0. The second-order valence-electron chi connectivity index (χ2n) is 5.14. The van der Waals surface area contributed by atoms with Gasteiger partial charge in [0.05, 0.1) is 12.2 Å². The van der Waals surface area contributed by atoms with Crippen LogP contribution in [0, 0.1) is 0 Å². The lowest BCUT2D eigenvalue weighted by Gasteiger charge is -2.44. The van der Waals surface area contributed by atoms with Crippen LogP contribution in [0.1, 0.15) is 40.0 Å². The molecule has 3 heteroatoms. The van der Waals surface area contributed by atoms with Gasteiger partial charge >= 0.3 is 0 Å². The van der Waals surface area contributed by atoms with E-state index >= 15 is 0 Å². The molecular formula is C15H24N2O. The van der Waals surface area contributed by atoms with E-state index in [1.165, 1.54) is 5.69 Å². The smallest absolute Gasteiger partial charge is 0.145 e. The molecule has 1 aliphatic rings. The molecule has 0 bridgehead atoms. The van der Waals surface area contributed by atoms with Crippen molar-refractivity contribution in [2.24, 2.45) is 0 Å². The Bertz CT molecular complexity index is 413. The van der Waals surface area contributed by atoms with Crippen LogP contribution < -0.4 is 15.4 Å². The van der Waals surface area contributed by atoms with Crippen molar-refractivity contribution in [3.05, 3.63) is 18.2 Å². The van der Waals surface area contributed by atoms with Crippen LogP contribution in [-0.2, 0) is 0 Å². The van der Waals surface area contributed by atoms with E-state index in [1.807, 2.05) is 12.1 Å². The van der Waals surface area contributed by atoms with Gasteiger partial charge in [-0.25, -0.2) is 0 Å². The largest absolute Gasteiger partial charge is 0.483 e. The number of fused-ring (bicyclic) bond motifs is 1. The molecular weight excluding hydrogens is 224 g/mol. The van der Waals surface area contributed by atoms with E-state index in [0.717, 1.165) is 43.8 Å². The number of nitrogen functional groups attached to an aromatic ring is 1. The fourth-order valence-corrected chi connectivity index (χ4v) is 2.66. The second kappa shape index (κ2) is 5.09. The Hall–Kier alpha value is -1.38. The molecule has 100 valence electrons. The van der Waals surface area contributed by atoms with Crippen molar-refractivity contribution in [3.8, 4) is 5.75 Å². The fourth-order valence-electron chi connectivity index (χ4n) is 2.66. The Balaban J connectivity index is 2.39. The summed E-state index contributed by atoms with van der Waals surface area (Å²) >= 11 is 0. The van der Waals surface area contributed by atoms with Crippen molar-refractivity contribution in [3.63, 3.8) is 0 Å². The predicted octanol–water partition coefficient (Wildman–Crippen LogP) is 3.44. The van der Waals surface area contributed by atoms with Crippen LogP contribution in [0.15, 0.2) is 18.2 Å². The van der Waals surface area contributed by atoms with Crippen molar-refractivity contribution >= 4 is 11.4 Å². The lowest BCUT2D eigenvalue weighted by Crippen LogP contribution is -2.50. The van der Waals surface area contributed by atoms with E-state index in [9.17, 15) is 0 Å². The van der Waals surface area contributed by atoms with E-state index in [1.54, 1.807) is 0 Å². The number of ether oxygens (including phenoxy) is 1. The lowest BCUT2D eigenvalue weighted by atomic mass is 9.93. The standard InChI is InChI=1S/C15H24N2O/c1-4-9-17-11-15(5-2,6-3)18-14-10-12(16)7-8-13(14)17/h7-8,10H,4-6,9,11,16H2,1-3H3. The van der Waals surface area contributed by atoms with E-state index in [4.69, 9.17) is 10.5 Å². The molecule has 0 spiro atoms. The number of nitrogens with zero attached hydrogens (tertiary/aromatic N) is 1. The van der Waals surface area contributed by atoms with Gasteiger partial charge in [-0.1, -0.05) is 20.8 Å². The molecule has 0 aromatic heterocycles. The first-order chi connectivity index (χ1) is 8.64. The number of nitrogens with two attached hydrogens (primary N) is 1. The van der Waals surface area contributed by atoms with Crippen LogP contribution in [0.3, 0.4) is 0 Å². The zero-order valence-electron chi connectivity index (χ0n) is 11.7. The molecule has 0 unspecified atom stereocenters. The highest BCUT2D eigenvalue weighted by Gasteiger charge is 2.36. The molecule has 1 aromatic carbocycles. The van der Waals surface area contributed by atoms with Crippen LogP contribution in [-0.4, -0.2) is 18.7 Å². The molecule has 0 saturated heterocycles. The number of hydrogen-bond donors (Lipinski definition) is 1. The molecule has 0 atom stereocenters. The molecule has 3 nitrogen and oxygen atoms in total. The number of hydrogen-bond acceptors (Lipinski definition) is 3. The molecule has 1 heterocycles. The average Bonchev–Trinajstić information content (AvgIpc) is 2.38. The van der Waals surface area contributed by atoms with Crippen molar-refractivity contribution in [1.29, 1.82) is 0 Å². The third kappa shape index (κ3) is 2.26. The Morgan fingerprint density at radius 2 is 2.00 bits per heavy atom. The number of anilines is 2. The zero-order chi connectivity index (χ0) is 13.2. The van der Waals surface area contributed by atoms with E-state index in [-0.39, 0.29) is 5.60 Å². The van der Waals surface area contributed by atoms with Gasteiger partial charge in [0.2, 0.25) is 0 Å². The van der Waals surface area contributed by atoms with E-state index in [2.05, 4.69) is 31.7 Å². The minimum atomic E-state index is -0.0596. The van der Waals surface area contributed by atoms with Crippen LogP contribution in [0.4, 0.5) is 11.4 Å². The Kier molecular flexibility index (Phi) is 3.69. The summed E-state index contributed by atoms with van der Waals surface area (Å²) in [6.45, 7) is 8.66. The van der Waals surface area contributed by atoms with Crippen molar-refractivity contribution in [2.45, 2.75) is 45.6 Å². The molecule has 2 rings (SSSR count). The maximum atomic E-state index is 6.25. The normalized spacial score (nSPS) is 17.2. The molecule has 0 amide bonds. The molecule has 1 aliphatic heterocycles. The summed E-state index contributed by atoms with van der Waals surface area (Å²) in [5, 5.41) is 0. The topological polar surface area (TPSA) is 38.5 Å². The fraction of sp³-hybridized carbons (Fsp3) is 0.600. The molecule has 2 N–H and O–H groups in total.